The Morgan fingerprint density at radius 2 is 1.97 bits per heavy atom. The summed E-state index contributed by atoms with van der Waals surface area (Å²) in [5.41, 5.74) is 0.944. The van der Waals surface area contributed by atoms with Crippen LogP contribution in [0.3, 0.4) is 0 Å². The number of rotatable bonds is 8. The maximum Gasteiger partial charge on any atom is 0.344 e. The van der Waals surface area contributed by atoms with Crippen molar-refractivity contribution in [2.75, 3.05) is 13.7 Å². The van der Waals surface area contributed by atoms with Crippen molar-refractivity contribution in [2.24, 2.45) is 0 Å². The second-order valence-electron chi connectivity index (χ2n) is 6.74. The third-order valence-corrected chi connectivity index (χ3v) is 5.50. The van der Waals surface area contributed by atoms with Gasteiger partial charge >= 0.3 is 5.97 Å². The van der Waals surface area contributed by atoms with Gasteiger partial charge in [-0.25, -0.2) is 9.63 Å². The predicted octanol–water partition coefficient (Wildman–Crippen LogP) is 2.84. The number of carbonyl (C=O) groups is 1. The Balaban J connectivity index is 2.20. The zero-order valence-electron chi connectivity index (χ0n) is 17.7. The lowest BCUT2D eigenvalue weighted by molar-refractivity contribution is -0.994. The van der Waals surface area contributed by atoms with Crippen molar-refractivity contribution >= 4 is 35.0 Å². The molecule has 1 N–H and O–H groups in total. The molecule has 0 spiro atoms. The number of quaternary nitrogens is 1. The van der Waals surface area contributed by atoms with E-state index in [2.05, 4.69) is 9.82 Å². The zero-order valence-corrected chi connectivity index (χ0v) is 19.2. The molecule has 170 valence electrons. The summed E-state index contributed by atoms with van der Waals surface area (Å²) in [5.74, 6) is -0.575. The van der Waals surface area contributed by atoms with E-state index in [1.54, 1.807) is 29.7 Å². The molecule has 0 amide bonds. The fourth-order valence-corrected chi connectivity index (χ4v) is 3.67. The van der Waals surface area contributed by atoms with Crippen LogP contribution < -0.4 is 10.7 Å². The van der Waals surface area contributed by atoms with Crippen LogP contribution in [-0.2, 0) is 22.7 Å². The maximum absolute atomic E-state index is 13.0. The van der Waals surface area contributed by atoms with Crippen molar-refractivity contribution in [3.63, 3.8) is 0 Å². The van der Waals surface area contributed by atoms with Gasteiger partial charge in [-0.05, 0) is 26.0 Å². The number of halogens is 2. The largest absolute Gasteiger partial charge is 0.593 e. The summed E-state index contributed by atoms with van der Waals surface area (Å²) in [7, 11) is 1.27. The van der Waals surface area contributed by atoms with Crippen molar-refractivity contribution in [3.05, 3.63) is 73.5 Å². The molecular formula is C21H22Cl2N4O5. The predicted molar refractivity (Wildman–Crippen MR) is 120 cm³/mol. The minimum atomic E-state index is -0.720. The highest BCUT2D eigenvalue weighted by Crippen LogP contribution is 2.31. The molecule has 11 heteroatoms. The zero-order chi connectivity index (χ0) is 23.4. The Morgan fingerprint density at radius 3 is 2.59 bits per heavy atom. The van der Waals surface area contributed by atoms with E-state index in [0.29, 0.717) is 28.5 Å². The van der Waals surface area contributed by atoms with E-state index in [9.17, 15) is 14.8 Å². The van der Waals surface area contributed by atoms with Crippen LogP contribution >= 0.6 is 23.2 Å². The first-order valence-corrected chi connectivity index (χ1v) is 10.6. The molecule has 32 heavy (non-hydrogen) atoms. The molecule has 1 unspecified atom stereocenters. The second-order valence-corrected chi connectivity index (χ2v) is 7.55. The van der Waals surface area contributed by atoms with Gasteiger partial charge in [0.05, 0.1) is 42.2 Å². The number of pyridine rings is 1. The van der Waals surface area contributed by atoms with Crippen LogP contribution in [0, 0.1) is 5.21 Å². The van der Waals surface area contributed by atoms with E-state index in [1.165, 1.54) is 25.7 Å². The number of nitrogens with one attached hydrogen (secondary N) is 1. The van der Waals surface area contributed by atoms with Gasteiger partial charge in [-0.15, -0.1) is 0 Å². The summed E-state index contributed by atoms with van der Waals surface area (Å²) in [6, 6.07) is 6.27. The molecule has 2 heterocycles. The molecule has 0 aliphatic heterocycles. The van der Waals surface area contributed by atoms with Crippen molar-refractivity contribution in [1.29, 1.82) is 0 Å². The van der Waals surface area contributed by atoms with E-state index in [1.807, 2.05) is 11.5 Å². The minimum absolute atomic E-state index is 0.0864. The third-order valence-electron chi connectivity index (χ3n) is 4.76. The molecule has 0 aliphatic rings. The number of benzene rings is 1. The van der Waals surface area contributed by atoms with Crippen LogP contribution in [0.2, 0.25) is 10.0 Å². The fraction of sp³-hybridized carbons (Fsp3) is 0.286. The number of carbonyl (C=O) groups excluding carboxylic acids is 1. The lowest BCUT2D eigenvalue weighted by atomic mass is 10.0. The minimum Gasteiger partial charge on any atom is -0.593 e. The first-order chi connectivity index (χ1) is 15.3. The molecule has 0 radical (unpaired) electrons. The molecule has 3 aromatic rings. The van der Waals surface area contributed by atoms with Crippen LogP contribution in [0.15, 0.2) is 41.6 Å². The van der Waals surface area contributed by atoms with Crippen molar-refractivity contribution in [3.8, 4) is 11.3 Å². The molecule has 3 rings (SSSR count). The van der Waals surface area contributed by atoms with Gasteiger partial charge < -0.3 is 19.1 Å². The topological polar surface area (TPSA) is 103 Å². The van der Waals surface area contributed by atoms with Gasteiger partial charge in [0.2, 0.25) is 0 Å². The normalized spacial score (nSPS) is 12.1. The molecule has 0 saturated heterocycles. The van der Waals surface area contributed by atoms with Gasteiger partial charge in [0, 0.05) is 23.9 Å². The molecule has 9 nitrogen and oxygen atoms in total. The average Bonchev–Trinajstić information content (AvgIpc) is 3.23. The number of imidazole rings is 1. The van der Waals surface area contributed by atoms with Gasteiger partial charge in [-0.3, -0.25) is 4.79 Å². The lowest BCUT2D eigenvalue weighted by Crippen LogP contribution is -3.00. The van der Waals surface area contributed by atoms with Gasteiger partial charge in [0.1, 0.15) is 11.9 Å². The Morgan fingerprint density at radius 1 is 1.22 bits per heavy atom. The van der Waals surface area contributed by atoms with Crippen LogP contribution in [0.25, 0.3) is 11.3 Å². The molecule has 1 atom stereocenters. The maximum atomic E-state index is 13.0. The summed E-state index contributed by atoms with van der Waals surface area (Å²) in [5, 5.41) is 11.8. The fourth-order valence-electron chi connectivity index (χ4n) is 3.38. The average molecular weight is 481 g/mol. The molecule has 0 bridgehead atoms. The standard InChI is InChI=1S/C21H22Cl2N4O5/c1-4-26-14(10-25-11-18(24-12-25)27(30)31-3)9-17(28)19(21(29)32-5-2)20(26)13-6-7-15(22)16(23)8-13/h6-9,11-12,27H,4-5,10H2,1-3H3. The van der Waals surface area contributed by atoms with E-state index >= 15 is 0 Å². The first-order valence-electron chi connectivity index (χ1n) is 9.80. The summed E-state index contributed by atoms with van der Waals surface area (Å²) in [6.45, 7) is 4.35. The first kappa shape index (κ1) is 24.0. The van der Waals surface area contributed by atoms with E-state index < -0.39 is 16.6 Å². The summed E-state index contributed by atoms with van der Waals surface area (Å²) >= 11 is 12.3. The summed E-state index contributed by atoms with van der Waals surface area (Å²) < 4.78 is 8.62. The SMILES string of the molecule is CCOC(=O)c1c(-c2ccc(Cl)c(Cl)c2)n(CC)c(Cn2cnc([NH+]([O-])OC)c2)cc1=O. The molecule has 1 aromatic carbocycles. The van der Waals surface area contributed by atoms with Crippen molar-refractivity contribution < 1.29 is 19.6 Å². The quantitative estimate of drug-likeness (QED) is 0.392. The molecule has 0 saturated carbocycles. The highest BCUT2D eigenvalue weighted by molar-refractivity contribution is 6.42. The van der Waals surface area contributed by atoms with E-state index in [-0.39, 0.29) is 29.6 Å². The van der Waals surface area contributed by atoms with Crippen LogP contribution in [0.1, 0.15) is 29.9 Å². The van der Waals surface area contributed by atoms with Crippen molar-refractivity contribution in [1.82, 2.24) is 14.1 Å². The lowest BCUT2D eigenvalue weighted by Gasteiger charge is -2.21. The highest BCUT2D eigenvalue weighted by Gasteiger charge is 2.24. The monoisotopic (exact) mass is 480 g/mol. The number of aromatic nitrogens is 3. The summed E-state index contributed by atoms with van der Waals surface area (Å²) in [6.07, 6.45) is 2.99. The number of ether oxygens (including phenoxy) is 1. The van der Waals surface area contributed by atoms with Crippen LogP contribution in [0.5, 0.6) is 0 Å². The van der Waals surface area contributed by atoms with E-state index in [4.69, 9.17) is 27.9 Å². The third kappa shape index (κ3) is 4.87. The highest BCUT2D eigenvalue weighted by atomic mass is 35.5. The smallest absolute Gasteiger partial charge is 0.344 e. The van der Waals surface area contributed by atoms with Gasteiger partial charge in [-0.2, -0.15) is 10.2 Å². The molecule has 0 fully saturated rings. The van der Waals surface area contributed by atoms with Gasteiger partial charge in [0.15, 0.2) is 5.43 Å². The molecule has 2 aromatic heterocycles. The molecular weight excluding hydrogens is 459 g/mol. The van der Waals surface area contributed by atoms with Crippen molar-refractivity contribution in [2.45, 2.75) is 26.9 Å². The number of hydrogen-bond acceptors (Lipinski definition) is 6. The Kier molecular flexibility index (Phi) is 7.70. The Labute approximate surface area is 194 Å². The Hall–Kier alpha value is -2.69. The number of nitrogens with zero attached hydrogens (tertiary/aromatic N) is 3. The number of hydrogen-bond donors (Lipinski definition) is 1. The number of esters is 1. The van der Waals surface area contributed by atoms with Gasteiger partial charge in [-0.1, -0.05) is 29.3 Å². The van der Waals surface area contributed by atoms with E-state index in [0.717, 1.165) is 0 Å². The van der Waals surface area contributed by atoms with Crippen LogP contribution in [-0.4, -0.2) is 33.8 Å². The van der Waals surface area contributed by atoms with Gasteiger partial charge in [0.25, 0.3) is 5.82 Å². The Bertz CT molecular complexity index is 1190. The van der Waals surface area contributed by atoms with Crippen LogP contribution in [0.4, 0.5) is 5.82 Å². The molecule has 0 aliphatic carbocycles. The summed E-state index contributed by atoms with van der Waals surface area (Å²) in [4.78, 5) is 34.5. The second kappa shape index (κ2) is 10.3.